The first kappa shape index (κ1) is 10.2. The molecule has 6 heteroatoms. The lowest BCUT2D eigenvalue weighted by molar-refractivity contribution is 0.630. The number of rotatable bonds is 3. The molecule has 86 valence electrons. The van der Waals surface area contributed by atoms with E-state index in [2.05, 4.69) is 20.5 Å². The minimum atomic E-state index is -0.235. The molecule has 2 heterocycles. The molecule has 2 N–H and O–H groups in total. The van der Waals surface area contributed by atoms with E-state index in [1.165, 1.54) is 23.5 Å². The van der Waals surface area contributed by atoms with Crippen molar-refractivity contribution in [2.24, 2.45) is 0 Å². The first-order valence-electron chi connectivity index (χ1n) is 5.09. The topological polar surface area (TPSA) is 53.6 Å². The number of halogens is 1. The van der Waals surface area contributed by atoms with E-state index in [0.29, 0.717) is 6.54 Å². The summed E-state index contributed by atoms with van der Waals surface area (Å²) < 4.78 is 13.8. The molecule has 0 aliphatic carbocycles. The zero-order chi connectivity index (χ0) is 11.7. The molecular weight excluding hydrogens is 239 g/mol. The number of hydrogen-bond donors (Lipinski definition) is 2. The van der Waals surface area contributed by atoms with Gasteiger partial charge >= 0.3 is 0 Å². The van der Waals surface area contributed by atoms with E-state index in [1.807, 2.05) is 6.07 Å². The van der Waals surface area contributed by atoms with Crippen LogP contribution in [0.5, 0.6) is 0 Å². The number of benzene rings is 1. The Kier molecular flexibility index (Phi) is 2.49. The number of aromatic amines is 1. The summed E-state index contributed by atoms with van der Waals surface area (Å²) in [5.74, 6) is -0.235. The molecule has 0 atom stereocenters. The van der Waals surface area contributed by atoms with E-state index in [1.54, 1.807) is 12.3 Å². The monoisotopic (exact) mass is 248 g/mol. The highest BCUT2D eigenvalue weighted by Gasteiger charge is 2.04. The summed E-state index contributed by atoms with van der Waals surface area (Å²) in [5.41, 5.74) is 1.79. The van der Waals surface area contributed by atoms with Crippen molar-refractivity contribution in [3.8, 4) is 0 Å². The number of fused-ring (bicyclic) bond motifs is 1. The number of thiazole rings is 1. The molecule has 4 nitrogen and oxygen atoms in total. The molecule has 0 saturated carbocycles. The van der Waals surface area contributed by atoms with Gasteiger partial charge in [0.05, 0.1) is 22.5 Å². The maximum absolute atomic E-state index is 13.0. The molecule has 0 fully saturated rings. The Balaban J connectivity index is 1.81. The molecule has 0 spiro atoms. The Labute approximate surface area is 101 Å². The Morgan fingerprint density at radius 2 is 2.29 bits per heavy atom. The summed E-state index contributed by atoms with van der Waals surface area (Å²) in [6.07, 6.45) is 1.70. The zero-order valence-corrected chi connectivity index (χ0v) is 9.59. The molecule has 17 heavy (non-hydrogen) atoms. The van der Waals surface area contributed by atoms with Crippen LogP contribution < -0.4 is 5.32 Å². The van der Waals surface area contributed by atoms with Gasteiger partial charge in [-0.05, 0) is 24.3 Å². The largest absolute Gasteiger partial charge is 0.356 e. The Hall–Kier alpha value is -1.95. The molecule has 0 aliphatic rings. The van der Waals surface area contributed by atoms with Crippen LogP contribution in [0.2, 0.25) is 0 Å². The van der Waals surface area contributed by atoms with Crippen LogP contribution in [-0.2, 0) is 6.54 Å². The van der Waals surface area contributed by atoms with Crippen LogP contribution in [0.3, 0.4) is 0 Å². The van der Waals surface area contributed by atoms with Gasteiger partial charge in [0.25, 0.3) is 0 Å². The molecule has 0 bridgehead atoms. The average molecular weight is 248 g/mol. The number of H-pyrrole nitrogens is 1. The molecule has 0 amide bonds. The molecule has 0 radical (unpaired) electrons. The van der Waals surface area contributed by atoms with Gasteiger partial charge in [-0.2, -0.15) is 5.10 Å². The average Bonchev–Trinajstić information content (AvgIpc) is 2.94. The van der Waals surface area contributed by atoms with Crippen molar-refractivity contribution in [2.45, 2.75) is 6.54 Å². The lowest BCUT2D eigenvalue weighted by Crippen LogP contribution is -1.98. The van der Waals surface area contributed by atoms with Crippen LogP contribution in [0, 0.1) is 5.82 Å². The fraction of sp³-hybridized carbons (Fsp3) is 0.0909. The Morgan fingerprint density at radius 1 is 1.35 bits per heavy atom. The first-order valence-corrected chi connectivity index (χ1v) is 5.91. The quantitative estimate of drug-likeness (QED) is 0.749. The highest BCUT2D eigenvalue weighted by molar-refractivity contribution is 7.22. The fourth-order valence-corrected chi connectivity index (χ4v) is 2.41. The zero-order valence-electron chi connectivity index (χ0n) is 8.77. The van der Waals surface area contributed by atoms with E-state index in [-0.39, 0.29) is 5.82 Å². The second-order valence-corrected chi connectivity index (χ2v) is 4.60. The molecule has 0 unspecified atom stereocenters. The minimum Gasteiger partial charge on any atom is -0.356 e. The van der Waals surface area contributed by atoms with Gasteiger partial charge < -0.3 is 5.32 Å². The first-order chi connectivity index (χ1) is 8.31. The van der Waals surface area contributed by atoms with Gasteiger partial charge in [0.1, 0.15) is 5.82 Å². The van der Waals surface area contributed by atoms with Crippen molar-refractivity contribution in [3.05, 3.63) is 42.0 Å². The molecule has 0 saturated heterocycles. The summed E-state index contributed by atoms with van der Waals surface area (Å²) in [7, 11) is 0. The lowest BCUT2D eigenvalue weighted by Gasteiger charge is -1.97. The van der Waals surface area contributed by atoms with Crippen molar-refractivity contribution in [1.29, 1.82) is 0 Å². The summed E-state index contributed by atoms with van der Waals surface area (Å²) in [5, 5.41) is 10.7. The smallest absolute Gasteiger partial charge is 0.184 e. The van der Waals surface area contributed by atoms with Gasteiger partial charge in [0, 0.05) is 6.20 Å². The minimum absolute atomic E-state index is 0.235. The third-order valence-corrected chi connectivity index (χ3v) is 3.31. The van der Waals surface area contributed by atoms with Crippen LogP contribution >= 0.6 is 11.3 Å². The second-order valence-electron chi connectivity index (χ2n) is 3.57. The van der Waals surface area contributed by atoms with Gasteiger partial charge in [-0.15, -0.1) is 0 Å². The third-order valence-electron chi connectivity index (χ3n) is 2.34. The summed E-state index contributed by atoms with van der Waals surface area (Å²) in [6.45, 7) is 0.627. The van der Waals surface area contributed by atoms with E-state index in [4.69, 9.17) is 0 Å². The lowest BCUT2D eigenvalue weighted by atomic mass is 10.3. The van der Waals surface area contributed by atoms with Gasteiger partial charge in [-0.1, -0.05) is 11.3 Å². The Morgan fingerprint density at radius 3 is 3.12 bits per heavy atom. The number of hydrogen-bond acceptors (Lipinski definition) is 4. The molecular formula is C11H9FN4S. The van der Waals surface area contributed by atoms with Gasteiger partial charge in [-0.3, -0.25) is 5.10 Å². The van der Waals surface area contributed by atoms with Crippen molar-refractivity contribution >= 4 is 26.7 Å². The van der Waals surface area contributed by atoms with Crippen LogP contribution in [0.4, 0.5) is 9.52 Å². The molecule has 3 rings (SSSR count). The van der Waals surface area contributed by atoms with E-state index in [9.17, 15) is 4.39 Å². The number of nitrogens with zero attached hydrogens (tertiary/aromatic N) is 2. The predicted octanol–water partition coefficient (Wildman–Crippen LogP) is 2.77. The van der Waals surface area contributed by atoms with Crippen LogP contribution in [0.15, 0.2) is 30.5 Å². The van der Waals surface area contributed by atoms with E-state index >= 15 is 0 Å². The molecule has 0 aliphatic heterocycles. The van der Waals surface area contributed by atoms with Gasteiger partial charge in [-0.25, -0.2) is 9.37 Å². The highest BCUT2D eigenvalue weighted by atomic mass is 32.1. The maximum atomic E-state index is 13.0. The number of anilines is 1. The highest BCUT2D eigenvalue weighted by Crippen LogP contribution is 2.26. The SMILES string of the molecule is Fc1ccc2nc(NCc3ccn[nH]3)sc2c1. The second kappa shape index (κ2) is 4.14. The molecule has 2 aromatic heterocycles. The van der Waals surface area contributed by atoms with Crippen molar-refractivity contribution in [1.82, 2.24) is 15.2 Å². The fourth-order valence-electron chi connectivity index (χ4n) is 1.53. The van der Waals surface area contributed by atoms with Crippen LogP contribution in [-0.4, -0.2) is 15.2 Å². The summed E-state index contributed by atoms with van der Waals surface area (Å²) >= 11 is 1.44. The van der Waals surface area contributed by atoms with Crippen molar-refractivity contribution in [2.75, 3.05) is 5.32 Å². The van der Waals surface area contributed by atoms with E-state index in [0.717, 1.165) is 21.0 Å². The molecule has 1 aromatic carbocycles. The van der Waals surface area contributed by atoms with E-state index < -0.39 is 0 Å². The number of nitrogens with one attached hydrogen (secondary N) is 2. The molecule has 3 aromatic rings. The van der Waals surface area contributed by atoms with Gasteiger partial charge in [0.2, 0.25) is 0 Å². The summed E-state index contributed by atoms with van der Waals surface area (Å²) in [4.78, 5) is 4.36. The summed E-state index contributed by atoms with van der Waals surface area (Å²) in [6, 6.07) is 6.48. The van der Waals surface area contributed by atoms with Gasteiger partial charge in [0.15, 0.2) is 5.13 Å². The van der Waals surface area contributed by atoms with Crippen LogP contribution in [0.25, 0.3) is 10.2 Å². The number of aromatic nitrogens is 3. The third kappa shape index (κ3) is 2.12. The maximum Gasteiger partial charge on any atom is 0.184 e. The van der Waals surface area contributed by atoms with Crippen molar-refractivity contribution < 1.29 is 4.39 Å². The Bertz CT molecular complexity index is 632. The van der Waals surface area contributed by atoms with Crippen molar-refractivity contribution in [3.63, 3.8) is 0 Å². The normalized spacial score (nSPS) is 10.9. The predicted molar refractivity (Wildman–Crippen MR) is 65.5 cm³/mol. The standard InChI is InChI=1S/C11H9FN4S/c12-7-1-2-9-10(5-7)17-11(15-9)13-6-8-3-4-14-16-8/h1-5H,6H2,(H,13,15)(H,14,16). The van der Waals surface area contributed by atoms with Crippen LogP contribution in [0.1, 0.15) is 5.69 Å².